The molecule has 162 valence electrons. The summed E-state index contributed by atoms with van der Waals surface area (Å²) < 4.78 is 12.9. The number of carbonyl (C=O) groups excluding carboxylic acids is 1. The Morgan fingerprint density at radius 1 is 1.00 bits per heavy atom. The summed E-state index contributed by atoms with van der Waals surface area (Å²) in [6.45, 7) is 2.31. The van der Waals surface area contributed by atoms with Crippen LogP contribution in [0.3, 0.4) is 0 Å². The number of amides is 1. The minimum Gasteiger partial charge on any atom is -0.504 e. The maximum atomic E-state index is 13.8. The molecule has 1 amide bonds. The molecule has 5 rings (SSSR count). The lowest BCUT2D eigenvalue weighted by Gasteiger charge is -2.27. The molecule has 6 heteroatoms. The van der Waals surface area contributed by atoms with Crippen LogP contribution in [0.15, 0.2) is 66.7 Å². The van der Waals surface area contributed by atoms with Gasteiger partial charge in [-0.25, -0.2) is 0 Å². The Labute approximate surface area is 186 Å². The minimum atomic E-state index is -0.502. The van der Waals surface area contributed by atoms with Crippen molar-refractivity contribution in [3.63, 3.8) is 0 Å². The molecule has 0 bridgehead atoms. The first kappa shape index (κ1) is 20.0. The number of para-hydroxylation sites is 2. The van der Waals surface area contributed by atoms with Crippen LogP contribution in [0.25, 0.3) is 10.9 Å². The molecule has 1 aliphatic heterocycles. The number of anilines is 1. The number of ether oxygens (including phenoxy) is 2. The van der Waals surface area contributed by atoms with E-state index in [1.54, 1.807) is 18.1 Å². The summed E-state index contributed by atoms with van der Waals surface area (Å²) in [5.41, 5.74) is 3.82. The van der Waals surface area contributed by atoms with Gasteiger partial charge in [0.15, 0.2) is 11.5 Å². The number of hydrogen-bond donors (Lipinski definition) is 1. The van der Waals surface area contributed by atoms with Gasteiger partial charge in [0.05, 0.1) is 19.8 Å². The number of fused-ring (bicyclic) bond motifs is 3. The Bertz CT molecular complexity index is 1320. The zero-order valence-corrected chi connectivity index (χ0v) is 18.2. The van der Waals surface area contributed by atoms with Crippen LogP contribution in [0.5, 0.6) is 17.2 Å². The number of carbonyl (C=O) groups is 1. The van der Waals surface area contributed by atoms with Gasteiger partial charge in [-0.2, -0.15) is 0 Å². The van der Waals surface area contributed by atoms with Crippen molar-refractivity contribution in [1.82, 2.24) is 4.57 Å². The van der Waals surface area contributed by atoms with Crippen LogP contribution in [0.2, 0.25) is 0 Å². The van der Waals surface area contributed by atoms with Crippen molar-refractivity contribution in [2.24, 2.45) is 7.05 Å². The van der Waals surface area contributed by atoms with E-state index in [0.29, 0.717) is 29.4 Å². The number of phenols is 1. The second-order valence-corrected chi connectivity index (χ2v) is 7.74. The highest BCUT2D eigenvalue weighted by atomic mass is 16.5. The lowest BCUT2D eigenvalue weighted by molar-refractivity contribution is 0.0986. The maximum Gasteiger partial charge on any atom is 0.276 e. The van der Waals surface area contributed by atoms with Crippen molar-refractivity contribution >= 4 is 22.5 Å². The highest BCUT2D eigenvalue weighted by Gasteiger charge is 2.44. The molecule has 6 nitrogen and oxygen atoms in total. The van der Waals surface area contributed by atoms with Gasteiger partial charge in [-0.15, -0.1) is 0 Å². The second-order valence-electron chi connectivity index (χ2n) is 7.74. The number of rotatable bonds is 5. The molecule has 4 aromatic rings. The summed E-state index contributed by atoms with van der Waals surface area (Å²) in [6, 6.07) is 20.3. The molecule has 0 saturated heterocycles. The zero-order valence-electron chi connectivity index (χ0n) is 18.2. The van der Waals surface area contributed by atoms with E-state index in [1.165, 1.54) is 0 Å². The van der Waals surface area contributed by atoms with Crippen LogP contribution in [0, 0.1) is 0 Å². The van der Waals surface area contributed by atoms with E-state index in [2.05, 4.69) is 0 Å². The summed E-state index contributed by atoms with van der Waals surface area (Å²) in [7, 11) is 3.52. The summed E-state index contributed by atoms with van der Waals surface area (Å²) >= 11 is 0. The molecule has 32 heavy (non-hydrogen) atoms. The van der Waals surface area contributed by atoms with Crippen molar-refractivity contribution < 1.29 is 19.4 Å². The molecule has 0 radical (unpaired) electrons. The van der Waals surface area contributed by atoms with Crippen molar-refractivity contribution in [2.75, 3.05) is 18.6 Å². The van der Waals surface area contributed by atoms with Crippen molar-refractivity contribution in [3.05, 3.63) is 83.6 Å². The van der Waals surface area contributed by atoms with E-state index in [-0.39, 0.29) is 11.7 Å². The maximum absolute atomic E-state index is 13.8. The number of methoxy groups -OCH3 is 1. The third kappa shape index (κ3) is 2.83. The molecular formula is C26H24N2O4. The Morgan fingerprint density at radius 3 is 2.47 bits per heavy atom. The van der Waals surface area contributed by atoms with E-state index in [0.717, 1.165) is 22.2 Å². The molecule has 1 N–H and O–H groups in total. The van der Waals surface area contributed by atoms with Crippen molar-refractivity contribution in [3.8, 4) is 17.2 Å². The van der Waals surface area contributed by atoms with Crippen LogP contribution in [0.4, 0.5) is 5.69 Å². The topological polar surface area (TPSA) is 63.9 Å². The van der Waals surface area contributed by atoms with Crippen LogP contribution in [0.1, 0.15) is 34.6 Å². The number of aromatic hydroxyl groups is 1. The van der Waals surface area contributed by atoms with Gasteiger partial charge in [0.25, 0.3) is 5.91 Å². The number of hydrogen-bond acceptors (Lipinski definition) is 4. The quantitative estimate of drug-likeness (QED) is 0.484. The largest absolute Gasteiger partial charge is 0.504 e. The normalized spacial score (nSPS) is 15.3. The van der Waals surface area contributed by atoms with E-state index in [9.17, 15) is 9.90 Å². The van der Waals surface area contributed by atoms with Crippen LogP contribution >= 0.6 is 0 Å². The summed E-state index contributed by atoms with van der Waals surface area (Å²) in [5.74, 6) is 1.04. The van der Waals surface area contributed by atoms with Crippen LogP contribution < -0.4 is 14.4 Å². The van der Waals surface area contributed by atoms with E-state index in [1.807, 2.05) is 79.2 Å². The Kier molecular flexibility index (Phi) is 4.78. The van der Waals surface area contributed by atoms with E-state index >= 15 is 0 Å². The molecule has 1 aliphatic rings. The standard InChI is InChI=1S/C26H24N2O4/c1-4-32-21-11-7-9-19(25(21)29)23-22-18-8-5-6-10-20(18)27(2)24(22)26(30)28(23)16-12-14-17(31-3)15-13-16/h5-15,23,29H,4H2,1-3H3/t23-/m0/s1. The lowest BCUT2D eigenvalue weighted by atomic mass is 9.96. The number of nitrogens with zero attached hydrogens (tertiary/aromatic N) is 2. The Balaban J connectivity index is 1.78. The first-order chi connectivity index (χ1) is 15.6. The molecule has 0 aliphatic carbocycles. The third-order valence-corrected chi connectivity index (χ3v) is 6.07. The first-order valence-corrected chi connectivity index (χ1v) is 10.6. The molecule has 0 saturated carbocycles. The van der Waals surface area contributed by atoms with Gasteiger partial charge in [0.1, 0.15) is 11.4 Å². The first-order valence-electron chi connectivity index (χ1n) is 10.6. The fraction of sp³-hybridized carbons (Fsp3) is 0.192. The predicted octanol–water partition coefficient (Wildman–Crippen LogP) is 5.04. The van der Waals surface area contributed by atoms with Crippen molar-refractivity contribution in [2.45, 2.75) is 13.0 Å². The van der Waals surface area contributed by atoms with Crippen LogP contribution in [-0.2, 0) is 7.05 Å². The molecule has 0 fully saturated rings. The Morgan fingerprint density at radius 2 is 1.75 bits per heavy atom. The number of phenolic OH excluding ortho intramolecular Hbond substituents is 1. The molecule has 0 unspecified atom stereocenters. The number of aromatic nitrogens is 1. The van der Waals surface area contributed by atoms with Gasteiger partial charge < -0.3 is 19.1 Å². The average molecular weight is 428 g/mol. The van der Waals surface area contributed by atoms with Gasteiger partial charge in [0.2, 0.25) is 0 Å². The highest BCUT2D eigenvalue weighted by molar-refractivity contribution is 6.15. The summed E-state index contributed by atoms with van der Waals surface area (Å²) in [5, 5.41) is 12.1. The zero-order chi connectivity index (χ0) is 22.4. The fourth-order valence-electron chi connectivity index (χ4n) is 4.65. The van der Waals surface area contributed by atoms with Gasteiger partial charge in [-0.3, -0.25) is 9.69 Å². The molecular weight excluding hydrogens is 404 g/mol. The van der Waals surface area contributed by atoms with E-state index in [4.69, 9.17) is 9.47 Å². The van der Waals surface area contributed by atoms with Crippen molar-refractivity contribution in [1.29, 1.82) is 0 Å². The molecule has 1 atom stereocenters. The molecule has 1 aromatic heterocycles. The molecule has 0 spiro atoms. The van der Waals surface area contributed by atoms with E-state index < -0.39 is 6.04 Å². The lowest BCUT2D eigenvalue weighted by Crippen LogP contribution is -2.29. The average Bonchev–Trinajstić information content (AvgIpc) is 3.28. The third-order valence-electron chi connectivity index (χ3n) is 6.07. The molecule has 3 aromatic carbocycles. The SMILES string of the molecule is CCOc1cccc([C@H]2c3c(n(C)c4ccccc34)C(=O)N2c2ccc(OC)cc2)c1O. The molecule has 2 heterocycles. The minimum absolute atomic E-state index is 0.0476. The number of benzene rings is 3. The Hall–Kier alpha value is -3.93. The smallest absolute Gasteiger partial charge is 0.276 e. The van der Waals surface area contributed by atoms with Gasteiger partial charge in [-0.1, -0.05) is 30.3 Å². The van der Waals surface area contributed by atoms with Gasteiger partial charge >= 0.3 is 0 Å². The monoisotopic (exact) mass is 428 g/mol. The summed E-state index contributed by atoms with van der Waals surface area (Å²) in [4.78, 5) is 15.5. The predicted molar refractivity (Wildman–Crippen MR) is 124 cm³/mol. The number of aryl methyl sites for hydroxylation is 1. The second kappa shape index (κ2) is 7.64. The summed E-state index contributed by atoms with van der Waals surface area (Å²) in [6.07, 6.45) is 0. The van der Waals surface area contributed by atoms with Gasteiger partial charge in [0, 0.05) is 34.8 Å². The fourth-order valence-corrected chi connectivity index (χ4v) is 4.65. The van der Waals surface area contributed by atoms with Crippen LogP contribution in [-0.4, -0.2) is 29.3 Å². The highest BCUT2D eigenvalue weighted by Crippen LogP contribution is 2.49. The van der Waals surface area contributed by atoms with Gasteiger partial charge in [-0.05, 0) is 43.3 Å².